The van der Waals surface area contributed by atoms with Gasteiger partial charge in [0, 0.05) is 31.1 Å². The lowest BCUT2D eigenvalue weighted by molar-refractivity contribution is 0.0292. The molecular weight excluding hydrogens is 292 g/mol. The average molecular weight is 316 g/mol. The fourth-order valence-corrected chi connectivity index (χ4v) is 2.35. The molecule has 0 aliphatic heterocycles. The van der Waals surface area contributed by atoms with Crippen molar-refractivity contribution in [1.29, 1.82) is 0 Å². The first-order chi connectivity index (χ1) is 11.2. The van der Waals surface area contributed by atoms with E-state index in [0.29, 0.717) is 5.69 Å². The highest BCUT2D eigenvalue weighted by Crippen LogP contribution is 2.27. The number of ether oxygens (including phenoxy) is 1. The summed E-state index contributed by atoms with van der Waals surface area (Å²) in [5.41, 5.74) is 2.42. The first-order valence-electron chi connectivity index (χ1n) is 7.90. The van der Waals surface area contributed by atoms with Crippen LogP contribution in [0.1, 0.15) is 19.8 Å². The van der Waals surface area contributed by atoms with Crippen molar-refractivity contribution in [3.8, 4) is 0 Å². The molecule has 0 radical (unpaired) electrons. The molecule has 2 rings (SSSR count). The summed E-state index contributed by atoms with van der Waals surface area (Å²) in [5, 5.41) is 18.2. The maximum atomic E-state index is 9.05. The lowest BCUT2D eigenvalue weighted by Crippen LogP contribution is -2.20. The van der Waals surface area contributed by atoms with Crippen LogP contribution in [-0.4, -0.2) is 30.2 Å². The standard InChI is InChI=1S/C18H24N2O3/c1-2-14-23-15-6-13-19(16-7-4-3-5-8-16)17-9-11-18(12-10-17)20(21)22/h3-5,7-12,21-22H,2,6,13-15H2,1H3. The summed E-state index contributed by atoms with van der Waals surface area (Å²) < 4.78 is 5.56. The minimum Gasteiger partial charge on any atom is -0.381 e. The molecule has 0 unspecified atom stereocenters. The second-order valence-electron chi connectivity index (χ2n) is 5.26. The molecule has 2 aromatic rings. The van der Waals surface area contributed by atoms with Crippen LogP contribution in [0.5, 0.6) is 0 Å². The van der Waals surface area contributed by atoms with Crippen LogP contribution in [0.4, 0.5) is 17.1 Å². The second-order valence-corrected chi connectivity index (χ2v) is 5.26. The summed E-state index contributed by atoms with van der Waals surface area (Å²) in [4.78, 5) is 2.19. The topological polar surface area (TPSA) is 56.2 Å². The van der Waals surface area contributed by atoms with Crippen LogP contribution >= 0.6 is 0 Å². The van der Waals surface area contributed by atoms with Gasteiger partial charge in [-0.2, -0.15) is 0 Å². The normalized spacial score (nSPS) is 10.6. The summed E-state index contributed by atoms with van der Waals surface area (Å²) >= 11 is 0. The van der Waals surface area contributed by atoms with Crippen LogP contribution < -0.4 is 10.1 Å². The quantitative estimate of drug-likeness (QED) is 0.536. The minimum atomic E-state index is 0.120. The van der Waals surface area contributed by atoms with Crippen molar-refractivity contribution in [2.24, 2.45) is 0 Å². The third-order valence-electron chi connectivity index (χ3n) is 3.48. The highest BCUT2D eigenvalue weighted by atomic mass is 16.8. The monoisotopic (exact) mass is 316 g/mol. The Morgan fingerprint density at radius 2 is 1.43 bits per heavy atom. The molecule has 0 bridgehead atoms. The van der Waals surface area contributed by atoms with E-state index in [-0.39, 0.29) is 5.23 Å². The van der Waals surface area contributed by atoms with Gasteiger partial charge in [-0.1, -0.05) is 25.1 Å². The van der Waals surface area contributed by atoms with E-state index < -0.39 is 0 Å². The van der Waals surface area contributed by atoms with E-state index in [1.807, 2.05) is 30.3 Å². The van der Waals surface area contributed by atoms with Crippen LogP contribution in [0.15, 0.2) is 54.6 Å². The summed E-state index contributed by atoms with van der Waals surface area (Å²) in [7, 11) is 0. The first kappa shape index (κ1) is 17.3. The van der Waals surface area contributed by atoms with Crippen LogP contribution in [0.2, 0.25) is 0 Å². The summed E-state index contributed by atoms with van der Waals surface area (Å²) in [6.07, 6.45) is 1.95. The van der Waals surface area contributed by atoms with Gasteiger partial charge in [-0.05, 0) is 49.2 Å². The van der Waals surface area contributed by atoms with Gasteiger partial charge in [-0.3, -0.25) is 10.4 Å². The van der Waals surface area contributed by atoms with Gasteiger partial charge in [0.25, 0.3) is 0 Å². The Balaban J connectivity index is 2.10. The molecule has 0 saturated carbocycles. The molecule has 0 aliphatic rings. The van der Waals surface area contributed by atoms with Gasteiger partial charge < -0.3 is 9.64 Å². The Kier molecular flexibility index (Phi) is 6.87. The molecule has 0 aromatic heterocycles. The Morgan fingerprint density at radius 3 is 2.04 bits per heavy atom. The lowest BCUT2D eigenvalue weighted by atomic mass is 10.2. The highest BCUT2D eigenvalue weighted by Gasteiger charge is 2.09. The molecule has 0 amide bonds. The van der Waals surface area contributed by atoms with E-state index in [0.717, 1.165) is 44.0 Å². The van der Waals surface area contributed by atoms with Gasteiger partial charge in [-0.25, -0.2) is 0 Å². The zero-order chi connectivity index (χ0) is 16.5. The zero-order valence-electron chi connectivity index (χ0n) is 13.4. The van der Waals surface area contributed by atoms with Crippen molar-refractivity contribution >= 4 is 17.1 Å². The highest BCUT2D eigenvalue weighted by molar-refractivity contribution is 5.65. The Labute approximate surface area is 137 Å². The maximum absolute atomic E-state index is 9.05. The van der Waals surface area contributed by atoms with Gasteiger partial charge in [0.2, 0.25) is 0 Å². The molecule has 0 aliphatic carbocycles. The van der Waals surface area contributed by atoms with Crippen molar-refractivity contribution in [1.82, 2.24) is 0 Å². The van der Waals surface area contributed by atoms with Crippen molar-refractivity contribution in [3.63, 3.8) is 0 Å². The third kappa shape index (κ3) is 5.25. The predicted octanol–water partition coefficient (Wildman–Crippen LogP) is 4.23. The lowest BCUT2D eigenvalue weighted by Gasteiger charge is -2.25. The molecule has 0 saturated heterocycles. The fraction of sp³-hybridized carbons (Fsp3) is 0.333. The number of nitrogens with zero attached hydrogens (tertiary/aromatic N) is 2. The SMILES string of the molecule is CCCOCCCN(c1ccccc1)c1ccc(N(O)O)cc1. The van der Waals surface area contributed by atoms with Gasteiger partial charge >= 0.3 is 0 Å². The molecule has 2 N–H and O–H groups in total. The van der Waals surface area contributed by atoms with Crippen LogP contribution in [0.25, 0.3) is 0 Å². The fourth-order valence-electron chi connectivity index (χ4n) is 2.35. The molecule has 23 heavy (non-hydrogen) atoms. The van der Waals surface area contributed by atoms with E-state index in [1.165, 1.54) is 0 Å². The van der Waals surface area contributed by atoms with Crippen molar-refractivity contribution in [2.75, 3.05) is 29.9 Å². The van der Waals surface area contributed by atoms with Gasteiger partial charge in [0.15, 0.2) is 0 Å². The van der Waals surface area contributed by atoms with Gasteiger partial charge in [0.05, 0.1) is 5.69 Å². The van der Waals surface area contributed by atoms with E-state index >= 15 is 0 Å². The molecule has 0 atom stereocenters. The van der Waals surface area contributed by atoms with E-state index in [9.17, 15) is 0 Å². The van der Waals surface area contributed by atoms with Crippen LogP contribution in [0, 0.1) is 0 Å². The van der Waals surface area contributed by atoms with Crippen molar-refractivity contribution in [2.45, 2.75) is 19.8 Å². The number of hydrogen-bond acceptors (Lipinski definition) is 5. The van der Waals surface area contributed by atoms with Crippen LogP contribution in [-0.2, 0) is 4.74 Å². The van der Waals surface area contributed by atoms with E-state index in [2.05, 4.69) is 24.0 Å². The molecule has 5 nitrogen and oxygen atoms in total. The Morgan fingerprint density at radius 1 is 0.826 bits per heavy atom. The average Bonchev–Trinajstić information content (AvgIpc) is 2.59. The molecule has 5 heteroatoms. The number of benzene rings is 2. The van der Waals surface area contributed by atoms with E-state index in [1.54, 1.807) is 12.1 Å². The predicted molar refractivity (Wildman–Crippen MR) is 91.7 cm³/mol. The first-order valence-corrected chi connectivity index (χ1v) is 7.90. The van der Waals surface area contributed by atoms with E-state index in [4.69, 9.17) is 15.2 Å². The third-order valence-corrected chi connectivity index (χ3v) is 3.48. The molecule has 0 spiro atoms. The maximum Gasteiger partial charge on any atom is 0.0944 e. The summed E-state index contributed by atoms with van der Waals surface area (Å²) in [6, 6.07) is 17.2. The molecule has 2 aromatic carbocycles. The van der Waals surface area contributed by atoms with Crippen molar-refractivity contribution in [3.05, 3.63) is 54.6 Å². The number of anilines is 3. The van der Waals surface area contributed by atoms with Crippen LogP contribution in [0.3, 0.4) is 0 Å². The zero-order valence-corrected chi connectivity index (χ0v) is 13.4. The summed E-state index contributed by atoms with van der Waals surface area (Å²) in [6.45, 7) is 4.46. The van der Waals surface area contributed by atoms with Gasteiger partial charge in [-0.15, -0.1) is 5.23 Å². The second kappa shape index (κ2) is 9.15. The smallest absolute Gasteiger partial charge is 0.0944 e. The van der Waals surface area contributed by atoms with Crippen molar-refractivity contribution < 1.29 is 15.2 Å². The number of hydrogen-bond donors (Lipinski definition) is 2. The molecule has 124 valence electrons. The Hall–Kier alpha value is -2.08. The Bertz CT molecular complexity index is 558. The van der Waals surface area contributed by atoms with Gasteiger partial charge in [0.1, 0.15) is 0 Å². The minimum absolute atomic E-state index is 0.120. The molecule has 0 heterocycles. The number of para-hydroxylation sites is 1. The summed E-state index contributed by atoms with van der Waals surface area (Å²) in [5.74, 6) is 0. The molecular formula is C18H24N2O3. The number of rotatable bonds is 9. The largest absolute Gasteiger partial charge is 0.381 e. The molecule has 0 fully saturated rings.